The summed E-state index contributed by atoms with van der Waals surface area (Å²) in [6.07, 6.45) is 9.75. The van der Waals surface area contributed by atoms with Crippen LogP contribution in [-0.4, -0.2) is 0 Å². The fraction of sp³-hybridized carbons (Fsp3) is 0.222. The number of unbranched alkanes of at least 4 members (excludes halogenated alkanes) is 2. The van der Waals surface area contributed by atoms with E-state index in [0.717, 1.165) is 0 Å². The molecular formula is C36H32S2. The van der Waals surface area contributed by atoms with Crippen LogP contribution in [0.1, 0.15) is 46.6 Å². The molecule has 0 saturated carbocycles. The summed E-state index contributed by atoms with van der Waals surface area (Å²) >= 11 is 3.99. The summed E-state index contributed by atoms with van der Waals surface area (Å²) in [5.74, 6) is 0. The molecule has 188 valence electrons. The van der Waals surface area contributed by atoms with Gasteiger partial charge >= 0.3 is 0 Å². The van der Waals surface area contributed by atoms with Gasteiger partial charge in [-0.1, -0.05) is 72.8 Å². The summed E-state index contributed by atoms with van der Waals surface area (Å²) < 4.78 is 2.88. The van der Waals surface area contributed by atoms with Crippen LogP contribution in [0.15, 0.2) is 97.1 Å². The lowest BCUT2D eigenvalue weighted by molar-refractivity contribution is 0.740. The third-order valence-corrected chi connectivity index (χ3v) is 10.3. The molecule has 2 aromatic heterocycles. The first-order valence-corrected chi connectivity index (χ1v) is 15.7. The molecule has 0 saturated heterocycles. The summed E-state index contributed by atoms with van der Waals surface area (Å²) in [6.45, 7) is 0. The van der Waals surface area contributed by atoms with E-state index < -0.39 is 0 Å². The lowest BCUT2D eigenvalue weighted by atomic mass is 9.77. The maximum absolute atomic E-state index is 2.49. The van der Waals surface area contributed by atoms with E-state index in [0.29, 0.717) is 0 Å². The van der Waals surface area contributed by atoms with Gasteiger partial charge in [0, 0.05) is 29.9 Å². The minimum Gasteiger partial charge on any atom is -0.140 e. The highest BCUT2D eigenvalue weighted by Crippen LogP contribution is 2.55. The lowest BCUT2D eigenvalue weighted by Gasteiger charge is -2.25. The molecule has 0 atom stereocenters. The molecule has 38 heavy (non-hydrogen) atoms. The number of thiophene rings is 2. The largest absolute Gasteiger partial charge is 0.140 e. The van der Waals surface area contributed by atoms with Crippen LogP contribution in [0.25, 0.3) is 42.4 Å². The molecule has 6 aromatic rings. The Morgan fingerprint density at radius 2 is 0.842 bits per heavy atom. The zero-order valence-corrected chi connectivity index (χ0v) is 23.3. The zero-order valence-electron chi connectivity index (χ0n) is 21.7. The molecule has 2 heterocycles. The van der Waals surface area contributed by atoms with Crippen molar-refractivity contribution in [3.8, 4) is 22.3 Å². The number of fused-ring (bicyclic) bond motifs is 8. The van der Waals surface area contributed by atoms with E-state index in [1.807, 2.05) is 22.7 Å². The third-order valence-electron chi connectivity index (χ3n) is 8.01. The maximum atomic E-state index is 2.49. The van der Waals surface area contributed by atoms with Gasteiger partial charge in [-0.15, -0.1) is 22.7 Å². The first kappa shape index (κ1) is 23.9. The van der Waals surface area contributed by atoms with Gasteiger partial charge in [0.25, 0.3) is 0 Å². The quantitative estimate of drug-likeness (QED) is 0.155. The highest BCUT2D eigenvalue weighted by Gasteiger charge is 2.28. The molecule has 0 fully saturated rings. The van der Waals surface area contributed by atoms with Crippen LogP contribution in [0.3, 0.4) is 0 Å². The van der Waals surface area contributed by atoms with Gasteiger partial charge in [0.05, 0.1) is 0 Å². The molecule has 0 spiro atoms. The van der Waals surface area contributed by atoms with Crippen LogP contribution in [0.4, 0.5) is 0 Å². The normalized spacial score (nSPS) is 12.0. The number of rotatable bonds is 10. The Morgan fingerprint density at radius 1 is 0.421 bits per heavy atom. The highest BCUT2D eigenvalue weighted by molar-refractivity contribution is 7.19. The first-order valence-electron chi connectivity index (χ1n) is 14.0. The molecule has 0 unspecified atom stereocenters. The fourth-order valence-electron chi connectivity index (χ4n) is 6.06. The Morgan fingerprint density at radius 3 is 1.29 bits per heavy atom. The predicted molar refractivity (Wildman–Crippen MR) is 168 cm³/mol. The Hall–Kier alpha value is -3.20. The van der Waals surface area contributed by atoms with Gasteiger partial charge in [-0.05, 0) is 109 Å². The second-order valence-corrected chi connectivity index (χ2v) is 12.9. The number of benzene rings is 4. The van der Waals surface area contributed by atoms with E-state index in [2.05, 4.69) is 97.1 Å². The molecule has 0 bridgehead atoms. The van der Waals surface area contributed by atoms with Crippen molar-refractivity contribution in [2.45, 2.75) is 51.4 Å². The summed E-state index contributed by atoms with van der Waals surface area (Å²) in [4.78, 5) is 3.06. The SMILES string of the molecule is c1ccc(CCCCc2cc3c4c(ccc3s2)-c2c-4ccc3sc(CCCCc4ccccc4)cc23)cc1. The van der Waals surface area contributed by atoms with Gasteiger partial charge in [-0.3, -0.25) is 0 Å². The molecule has 2 heteroatoms. The van der Waals surface area contributed by atoms with Crippen molar-refractivity contribution in [2.24, 2.45) is 0 Å². The molecule has 1 aliphatic carbocycles. The highest BCUT2D eigenvalue weighted by atomic mass is 32.1. The molecule has 4 aromatic carbocycles. The standard InChI is InChI=1S/C36H32S2/c1-3-11-25(12-4-1)15-7-9-17-27-23-31-33(37-27)21-19-29-35(31)30-20-22-34-32(36(29)30)24-28(38-34)18-10-8-16-26-13-5-2-6-14-26/h1-6,11-14,19-24H,7-10,15-18H2. The van der Waals surface area contributed by atoms with Gasteiger partial charge in [-0.2, -0.15) is 0 Å². The topological polar surface area (TPSA) is 0 Å². The van der Waals surface area contributed by atoms with E-state index in [1.54, 1.807) is 0 Å². The predicted octanol–water partition coefficient (Wildman–Crippen LogP) is 10.9. The van der Waals surface area contributed by atoms with E-state index in [1.165, 1.54) is 115 Å². The van der Waals surface area contributed by atoms with Crippen LogP contribution in [0.5, 0.6) is 0 Å². The average molecular weight is 529 g/mol. The number of hydrogen-bond acceptors (Lipinski definition) is 2. The van der Waals surface area contributed by atoms with Gasteiger partial charge in [-0.25, -0.2) is 0 Å². The Labute approximate surface area is 233 Å². The second kappa shape index (κ2) is 10.5. The van der Waals surface area contributed by atoms with Crippen LogP contribution in [-0.2, 0) is 25.7 Å². The van der Waals surface area contributed by atoms with Crippen LogP contribution in [0, 0.1) is 0 Å². The summed E-state index contributed by atoms with van der Waals surface area (Å²) in [5, 5.41) is 2.93. The molecule has 0 amide bonds. The smallest absolute Gasteiger partial charge is 0.0352 e. The van der Waals surface area contributed by atoms with Crippen LogP contribution < -0.4 is 0 Å². The Balaban J connectivity index is 1.04. The third kappa shape index (κ3) is 4.61. The molecule has 0 nitrogen and oxygen atoms in total. The second-order valence-electron chi connectivity index (χ2n) is 10.6. The van der Waals surface area contributed by atoms with Gasteiger partial charge in [0.2, 0.25) is 0 Å². The van der Waals surface area contributed by atoms with Crippen molar-refractivity contribution >= 4 is 42.8 Å². The van der Waals surface area contributed by atoms with Crippen LogP contribution >= 0.6 is 22.7 Å². The lowest BCUT2D eigenvalue weighted by Crippen LogP contribution is -1.99. The summed E-state index contributed by atoms with van der Waals surface area (Å²) in [5.41, 5.74) is 8.80. The van der Waals surface area contributed by atoms with Crippen molar-refractivity contribution in [3.05, 3.63) is 118 Å². The molecule has 0 radical (unpaired) electrons. The average Bonchev–Trinajstić information content (AvgIpc) is 3.54. The van der Waals surface area contributed by atoms with Crippen molar-refractivity contribution in [3.63, 3.8) is 0 Å². The van der Waals surface area contributed by atoms with Gasteiger partial charge < -0.3 is 0 Å². The monoisotopic (exact) mass is 528 g/mol. The summed E-state index contributed by atoms with van der Waals surface area (Å²) in [7, 11) is 0. The molecule has 7 rings (SSSR count). The van der Waals surface area contributed by atoms with Crippen molar-refractivity contribution < 1.29 is 0 Å². The summed E-state index contributed by atoms with van der Waals surface area (Å²) in [6, 6.07) is 36.2. The van der Waals surface area contributed by atoms with E-state index in [-0.39, 0.29) is 0 Å². The van der Waals surface area contributed by atoms with Crippen molar-refractivity contribution in [1.82, 2.24) is 0 Å². The first-order chi connectivity index (χ1) is 18.8. The minimum absolute atomic E-state index is 1.18. The molecule has 0 N–H and O–H groups in total. The van der Waals surface area contributed by atoms with E-state index in [4.69, 9.17) is 0 Å². The minimum atomic E-state index is 1.18. The van der Waals surface area contributed by atoms with Gasteiger partial charge in [0.1, 0.15) is 0 Å². The van der Waals surface area contributed by atoms with Crippen molar-refractivity contribution in [1.29, 1.82) is 0 Å². The maximum Gasteiger partial charge on any atom is 0.0352 e. The van der Waals surface area contributed by atoms with Crippen LogP contribution in [0.2, 0.25) is 0 Å². The van der Waals surface area contributed by atoms with Crippen molar-refractivity contribution in [2.75, 3.05) is 0 Å². The molecular weight excluding hydrogens is 497 g/mol. The Bertz CT molecular complexity index is 1560. The molecule has 0 aliphatic heterocycles. The zero-order chi connectivity index (χ0) is 25.3. The van der Waals surface area contributed by atoms with Gasteiger partial charge in [0.15, 0.2) is 0 Å². The number of aryl methyl sites for hydroxylation is 4. The fourth-order valence-corrected chi connectivity index (χ4v) is 8.28. The van der Waals surface area contributed by atoms with E-state index >= 15 is 0 Å². The van der Waals surface area contributed by atoms with E-state index in [9.17, 15) is 0 Å². The molecule has 1 aliphatic rings. The number of hydrogen-bond donors (Lipinski definition) is 0. The Kier molecular flexibility index (Phi) is 6.61.